The molecule has 0 heterocycles. The van der Waals surface area contributed by atoms with Crippen LogP contribution in [-0.2, 0) is 4.79 Å². The molecule has 1 rings (SSSR count). The molecule has 13 heavy (non-hydrogen) atoms. The Kier molecular flexibility index (Phi) is 3.39. The lowest BCUT2D eigenvalue weighted by molar-refractivity contribution is -0.110. The number of hydrogen-bond donors (Lipinski definition) is 1. The second-order valence-electron chi connectivity index (χ2n) is 2.52. The fourth-order valence-electron chi connectivity index (χ4n) is 0.752. The van der Waals surface area contributed by atoms with E-state index in [9.17, 15) is 4.79 Å². The van der Waals surface area contributed by atoms with Gasteiger partial charge in [0.15, 0.2) is 5.78 Å². The first-order valence-electron chi connectivity index (χ1n) is 3.67. The van der Waals surface area contributed by atoms with E-state index < -0.39 is 0 Å². The van der Waals surface area contributed by atoms with Crippen LogP contribution in [0, 0.1) is 0 Å². The van der Waals surface area contributed by atoms with Crippen molar-refractivity contribution in [3.05, 3.63) is 29.3 Å². The maximum Gasteiger partial charge on any atom is 0.187 e. The molecule has 0 bridgehead atoms. The second-order valence-corrected chi connectivity index (χ2v) is 3.36. The molecule has 0 spiro atoms. The van der Waals surface area contributed by atoms with Gasteiger partial charge in [-0.15, -0.1) is 0 Å². The Labute approximate surface area is 86.9 Å². The highest BCUT2D eigenvalue weighted by Crippen LogP contribution is 2.13. The number of Topliss-reactive ketones (excluding diaryl/α,β-unsaturated/α-hetero) is 1. The normalized spacial score (nSPS) is 9.38. The quantitative estimate of drug-likeness (QED) is 0.766. The highest BCUT2D eigenvalue weighted by atomic mass is 35.5. The van der Waals surface area contributed by atoms with Crippen molar-refractivity contribution >= 4 is 40.3 Å². The van der Waals surface area contributed by atoms with Gasteiger partial charge in [-0.3, -0.25) is 4.79 Å². The summed E-state index contributed by atoms with van der Waals surface area (Å²) in [5, 5.41) is 3.44. The van der Waals surface area contributed by atoms with Crippen molar-refractivity contribution in [2.45, 2.75) is 6.92 Å². The summed E-state index contributed by atoms with van der Waals surface area (Å²) in [5.41, 5.74) is 0.768. The van der Waals surface area contributed by atoms with Crippen LogP contribution in [0.2, 0.25) is 5.02 Å². The first kappa shape index (κ1) is 10.2. The molecule has 1 aromatic rings. The number of rotatable bonds is 2. The van der Waals surface area contributed by atoms with Crippen LogP contribution < -0.4 is 5.32 Å². The average molecular weight is 214 g/mol. The van der Waals surface area contributed by atoms with Gasteiger partial charge in [-0.25, -0.2) is 0 Å². The predicted molar refractivity (Wildman–Crippen MR) is 58.4 cm³/mol. The molecule has 0 radical (unpaired) electrons. The zero-order valence-electron chi connectivity index (χ0n) is 7.00. The minimum absolute atomic E-state index is 0.148. The minimum Gasteiger partial charge on any atom is -0.344 e. The van der Waals surface area contributed by atoms with E-state index in [0.717, 1.165) is 5.69 Å². The maximum absolute atomic E-state index is 10.8. The summed E-state index contributed by atoms with van der Waals surface area (Å²) in [6.45, 7) is 1.42. The summed E-state index contributed by atoms with van der Waals surface area (Å²) >= 11 is 10.5. The van der Waals surface area contributed by atoms with Gasteiger partial charge >= 0.3 is 0 Å². The van der Waals surface area contributed by atoms with Crippen molar-refractivity contribution in [2.75, 3.05) is 5.32 Å². The van der Waals surface area contributed by atoms with Crippen molar-refractivity contribution in [2.24, 2.45) is 0 Å². The van der Waals surface area contributed by atoms with Gasteiger partial charge in [-0.1, -0.05) is 23.8 Å². The molecule has 0 aliphatic carbocycles. The molecule has 68 valence electrons. The third-order valence-corrected chi connectivity index (χ3v) is 2.06. The second kappa shape index (κ2) is 4.35. The third kappa shape index (κ3) is 3.13. The number of carbonyl (C=O) groups is 1. The number of ketones is 1. The van der Waals surface area contributed by atoms with Crippen LogP contribution in [0.3, 0.4) is 0 Å². The van der Waals surface area contributed by atoms with Crippen molar-refractivity contribution in [3.8, 4) is 0 Å². The Morgan fingerprint density at radius 2 is 1.92 bits per heavy atom. The first-order chi connectivity index (χ1) is 6.09. The van der Waals surface area contributed by atoms with E-state index in [1.807, 2.05) is 0 Å². The van der Waals surface area contributed by atoms with E-state index in [1.54, 1.807) is 24.3 Å². The fraction of sp³-hybridized carbons (Fsp3) is 0.111. The lowest BCUT2D eigenvalue weighted by atomic mass is 10.3. The van der Waals surface area contributed by atoms with Crippen LogP contribution >= 0.6 is 23.8 Å². The fourth-order valence-corrected chi connectivity index (χ4v) is 0.996. The van der Waals surface area contributed by atoms with E-state index in [4.69, 9.17) is 23.8 Å². The predicted octanol–water partition coefficient (Wildman–Crippen LogP) is 2.67. The number of halogens is 1. The van der Waals surface area contributed by atoms with Gasteiger partial charge in [-0.2, -0.15) is 0 Å². The number of nitrogens with one attached hydrogen (secondary N) is 1. The van der Waals surface area contributed by atoms with E-state index >= 15 is 0 Å². The monoisotopic (exact) mass is 213 g/mol. The smallest absolute Gasteiger partial charge is 0.187 e. The van der Waals surface area contributed by atoms with Gasteiger partial charge in [0.2, 0.25) is 0 Å². The summed E-state index contributed by atoms with van der Waals surface area (Å²) in [6.07, 6.45) is 0. The summed E-state index contributed by atoms with van der Waals surface area (Å²) in [6, 6.07) is 6.98. The molecule has 1 N–H and O–H groups in total. The SMILES string of the molecule is CC(=O)C(=S)Nc1ccc(Cl)cc1. The van der Waals surface area contributed by atoms with Crippen LogP contribution in [0.1, 0.15) is 6.92 Å². The summed E-state index contributed by atoms with van der Waals surface area (Å²) < 4.78 is 0. The Balaban J connectivity index is 2.70. The lowest BCUT2D eigenvalue weighted by Gasteiger charge is -2.03. The summed E-state index contributed by atoms with van der Waals surface area (Å²) in [7, 11) is 0. The number of anilines is 1. The topological polar surface area (TPSA) is 29.1 Å². The van der Waals surface area contributed by atoms with Gasteiger partial charge in [0.25, 0.3) is 0 Å². The van der Waals surface area contributed by atoms with Crippen LogP contribution in [0.15, 0.2) is 24.3 Å². The van der Waals surface area contributed by atoms with Crippen LogP contribution in [0.4, 0.5) is 5.69 Å². The average Bonchev–Trinajstić information content (AvgIpc) is 2.08. The van der Waals surface area contributed by atoms with E-state index in [1.165, 1.54) is 6.92 Å². The molecule has 2 nitrogen and oxygen atoms in total. The number of carbonyl (C=O) groups excluding carboxylic acids is 1. The largest absolute Gasteiger partial charge is 0.344 e. The molecule has 0 aliphatic heterocycles. The number of thiocarbonyl (C=S) groups is 1. The molecular weight excluding hydrogens is 206 g/mol. The first-order valence-corrected chi connectivity index (χ1v) is 4.45. The van der Waals surface area contributed by atoms with E-state index in [-0.39, 0.29) is 10.8 Å². The standard InChI is InChI=1S/C9H8ClNOS/c1-6(12)9(13)11-8-4-2-7(10)3-5-8/h2-5H,1H3,(H,11,13). The maximum atomic E-state index is 10.8. The minimum atomic E-state index is -0.148. The molecule has 0 fully saturated rings. The summed E-state index contributed by atoms with van der Waals surface area (Å²) in [5.74, 6) is -0.148. The Morgan fingerprint density at radius 3 is 2.38 bits per heavy atom. The zero-order chi connectivity index (χ0) is 9.84. The highest BCUT2D eigenvalue weighted by molar-refractivity contribution is 7.82. The molecule has 4 heteroatoms. The molecular formula is C9H8ClNOS. The van der Waals surface area contributed by atoms with Crippen LogP contribution in [0.25, 0.3) is 0 Å². The number of benzene rings is 1. The molecule has 0 unspecified atom stereocenters. The van der Waals surface area contributed by atoms with Gasteiger partial charge in [0.1, 0.15) is 4.99 Å². The van der Waals surface area contributed by atoms with Gasteiger partial charge in [-0.05, 0) is 24.3 Å². The molecule has 0 saturated carbocycles. The van der Waals surface area contributed by atoms with Crippen LogP contribution in [0.5, 0.6) is 0 Å². The highest BCUT2D eigenvalue weighted by Gasteiger charge is 2.01. The molecule has 0 aliphatic rings. The van der Waals surface area contributed by atoms with Crippen molar-refractivity contribution in [1.82, 2.24) is 0 Å². The molecule has 0 aromatic heterocycles. The Hall–Kier alpha value is -0.930. The number of hydrogen-bond acceptors (Lipinski definition) is 2. The van der Waals surface area contributed by atoms with Gasteiger partial charge in [0.05, 0.1) is 0 Å². The van der Waals surface area contributed by atoms with E-state index in [2.05, 4.69) is 5.32 Å². The van der Waals surface area contributed by atoms with Crippen molar-refractivity contribution in [1.29, 1.82) is 0 Å². The lowest BCUT2D eigenvalue weighted by Crippen LogP contribution is -2.17. The van der Waals surface area contributed by atoms with Gasteiger partial charge < -0.3 is 5.32 Å². The van der Waals surface area contributed by atoms with Crippen molar-refractivity contribution in [3.63, 3.8) is 0 Å². The molecule has 0 atom stereocenters. The molecule has 0 saturated heterocycles. The summed E-state index contributed by atoms with van der Waals surface area (Å²) in [4.78, 5) is 11.0. The molecule has 1 aromatic carbocycles. The van der Waals surface area contributed by atoms with Gasteiger partial charge in [0, 0.05) is 17.6 Å². The third-order valence-electron chi connectivity index (χ3n) is 1.42. The van der Waals surface area contributed by atoms with Crippen molar-refractivity contribution < 1.29 is 4.79 Å². The zero-order valence-corrected chi connectivity index (χ0v) is 8.58. The Bertz CT molecular complexity index is 334. The van der Waals surface area contributed by atoms with E-state index in [0.29, 0.717) is 5.02 Å². The Morgan fingerprint density at radius 1 is 1.38 bits per heavy atom. The van der Waals surface area contributed by atoms with Crippen LogP contribution in [-0.4, -0.2) is 10.8 Å². The molecule has 0 amide bonds.